The number of carbonyl (C=O) groups excluding carboxylic acids is 3. The van der Waals surface area contributed by atoms with Gasteiger partial charge in [-0.3, -0.25) is 14.4 Å². The minimum atomic E-state index is -0.603. The van der Waals surface area contributed by atoms with Crippen molar-refractivity contribution >= 4 is 23.3 Å². The van der Waals surface area contributed by atoms with Crippen molar-refractivity contribution in [3.05, 3.63) is 59.7 Å². The molecular weight excluding hydrogens is 330 g/mol. The molecule has 4 atom stereocenters. The number of amides is 2. The standard InChI is InChI=1S/C21H17NO4/c1-26-16-9-5-4-8-14(16)22-20(24)18-13-10-15(23)17(19(18)21(22)25)12-7-3-2-6-11(12)13/h2-9,13,17-19H,10H2,1H3/t13-,17+,18-,19+/m0/s1. The molecule has 2 aromatic carbocycles. The molecule has 2 aromatic rings. The van der Waals surface area contributed by atoms with E-state index in [2.05, 4.69) is 0 Å². The number of anilines is 1. The third-order valence-corrected chi connectivity index (χ3v) is 6.02. The van der Waals surface area contributed by atoms with Crippen LogP contribution in [0.2, 0.25) is 0 Å². The molecule has 3 aliphatic carbocycles. The highest BCUT2D eigenvalue weighted by Gasteiger charge is 2.62. The molecule has 1 saturated heterocycles. The molecule has 6 rings (SSSR count). The number of imide groups is 1. The zero-order chi connectivity index (χ0) is 18.0. The Morgan fingerprint density at radius 3 is 2.31 bits per heavy atom. The fourth-order valence-electron chi connectivity index (χ4n) is 5.01. The SMILES string of the molecule is COc1ccccc1N1C(=O)[C@@H]2[C@H](C1=O)[C@H]1C(=O)C[C@H]2c2ccccc21. The lowest BCUT2D eigenvalue weighted by atomic mass is 9.56. The van der Waals surface area contributed by atoms with E-state index in [1.807, 2.05) is 24.3 Å². The molecular formula is C21H17NO4. The first-order chi connectivity index (χ1) is 12.6. The summed E-state index contributed by atoms with van der Waals surface area (Å²) in [6.07, 6.45) is 0.335. The van der Waals surface area contributed by atoms with Crippen molar-refractivity contribution in [2.24, 2.45) is 11.8 Å². The molecule has 1 heterocycles. The summed E-state index contributed by atoms with van der Waals surface area (Å²) in [5, 5.41) is 0. The van der Waals surface area contributed by atoms with Gasteiger partial charge in [0, 0.05) is 12.3 Å². The number of hydrogen-bond acceptors (Lipinski definition) is 4. The van der Waals surface area contributed by atoms with Crippen LogP contribution in [-0.2, 0) is 14.4 Å². The summed E-state index contributed by atoms with van der Waals surface area (Å²) >= 11 is 0. The van der Waals surface area contributed by atoms with Gasteiger partial charge < -0.3 is 4.74 Å². The van der Waals surface area contributed by atoms with Crippen LogP contribution in [-0.4, -0.2) is 24.7 Å². The number of carbonyl (C=O) groups is 3. The summed E-state index contributed by atoms with van der Waals surface area (Å²) in [7, 11) is 1.51. The molecule has 5 heteroatoms. The minimum Gasteiger partial charge on any atom is -0.495 e. The third kappa shape index (κ3) is 1.77. The summed E-state index contributed by atoms with van der Waals surface area (Å²) in [5.74, 6) is -1.77. The highest BCUT2D eigenvalue weighted by atomic mass is 16.5. The van der Waals surface area contributed by atoms with E-state index in [1.54, 1.807) is 24.3 Å². The van der Waals surface area contributed by atoms with E-state index in [0.717, 1.165) is 11.1 Å². The van der Waals surface area contributed by atoms with Gasteiger partial charge in [-0.1, -0.05) is 36.4 Å². The van der Waals surface area contributed by atoms with Crippen molar-refractivity contribution in [2.45, 2.75) is 18.3 Å². The Bertz CT molecular complexity index is 966. The molecule has 2 amide bonds. The summed E-state index contributed by atoms with van der Waals surface area (Å²) in [5.41, 5.74) is 2.41. The monoisotopic (exact) mass is 347 g/mol. The summed E-state index contributed by atoms with van der Waals surface area (Å²) in [6.45, 7) is 0. The van der Waals surface area contributed by atoms with Gasteiger partial charge in [0.1, 0.15) is 11.5 Å². The van der Waals surface area contributed by atoms with Crippen LogP contribution in [0.25, 0.3) is 0 Å². The van der Waals surface area contributed by atoms with Crippen molar-refractivity contribution in [2.75, 3.05) is 12.0 Å². The van der Waals surface area contributed by atoms with Gasteiger partial charge in [-0.05, 0) is 23.3 Å². The quantitative estimate of drug-likeness (QED) is 0.784. The van der Waals surface area contributed by atoms with Crippen molar-refractivity contribution < 1.29 is 19.1 Å². The summed E-state index contributed by atoms with van der Waals surface area (Å²) in [6, 6.07) is 14.7. The van der Waals surface area contributed by atoms with Gasteiger partial charge in [-0.2, -0.15) is 0 Å². The molecule has 1 saturated carbocycles. The van der Waals surface area contributed by atoms with E-state index in [0.29, 0.717) is 17.9 Å². The van der Waals surface area contributed by atoms with E-state index < -0.39 is 17.8 Å². The number of Topliss-reactive ketones (excluding diaryl/α,β-unsaturated/α-hetero) is 1. The Kier molecular flexibility index (Phi) is 3.11. The van der Waals surface area contributed by atoms with Crippen LogP contribution >= 0.6 is 0 Å². The smallest absolute Gasteiger partial charge is 0.238 e. The average Bonchev–Trinajstić information content (AvgIpc) is 2.93. The van der Waals surface area contributed by atoms with Crippen LogP contribution in [0.5, 0.6) is 5.75 Å². The zero-order valence-corrected chi connectivity index (χ0v) is 14.2. The number of methoxy groups -OCH3 is 1. The first kappa shape index (κ1) is 15.3. The second-order valence-corrected chi connectivity index (χ2v) is 7.12. The molecule has 0 spiro atoms. The molecule has 2 fully saturated rings. The van der Waals surface area contributed by atoms with Crippen LogP contribution < -0.4 is 9.64 Å². The molecule has 4 aliphatic rings. The Morgan fingerprint density at radius 1 is 0.885 bits per heavy atom. The topological polar surface area (TPSA) is 63.7 Å². The van der Waals surface area contributed by atoms with Crippen molar-refractivity contribution in [3.8, 4) is 5.75 Å². The van der Waals surface area contributed by atoms with Gasteiger partial charge in [-0.15, -0.1) is 0 Å². The van der Waals surface area contributed by atoms with Gasteiger partial charge in [0.05, 0.1) is 30.6 Å². The van der Waals surface area contributed by atoms with E-state index in [1.165, 1.54) is 12.0 Å². The predicted octanol–water partition coefficient (Wildman–Crippen LogP) is 2.65. The van der Waals surface area contributed by atoms with Crippen molar-refractivity contribution in [3.63, 3.8) is 0 Å². The zero-order valence-electron chi connectivity index (χ0n) is 14.2. The first-order valence-corrected chi connectivity index (χ1v) is 8.76. The normalized spacial score (nSPS) is 29.0. The molecule has 0 unspecified atom stereocenters. The van der Waals surface area contributed by atoms with Gasteiger partial charge in [0.2, 0.25) is 11.8 Å². The van der Waals surface area contributed by atoms with Crippen LogP contribution in [0.15, 0.2) is 48.5 Å². The summed E-state index contributed by atoms with van der Waals surface area (Å²) in [4.78, 5) is 40.4. The maximum absolute atomic E-state index is 13.3. The van der Waals surface area contributed by atoms with Gasteiger partial charge in [-0.25, -0.2) is 4.90 Å². The maximum Gasteiger partial charge on any atom is 0.238 e. The molecule has 0 aromatic heterocycles. The Labute approximate surface area is 150 Å². The second-order valence-electron chi connectivity index (χ2n) is 7.12. The number of hydrogen-bond donors (Lipinski definition) is 0. The fourth-order valence-corrected chi connectivity index (χ4v) is 5.01. The molecule has 130 valence electrons. The predicted molar refractivity (Wildman–Crippen MR) is 94.0 cm³/mol. The molecule has 0 radical (unpaired) electrons. The third-order valence-electron chi connectivity index (χ3n) is 6.02. The Balaban J connectivity index is 1.67. The van der Waals surface area contributed by atoms with E-state index >= 15 is 0 Å². The number of rotatable bonds is 2. The molecule has 26 heavy (non-hydrogen) atoms. The van der Waals surface area contributed by atoms with Crippen LogP contribution in [0.4, 0.5) is 5.69 Å². The summed E-state index contributed by atoms with van der Waals surface area (Å²) < 4.78 is 5.35. The Morgan fingerprint density at radius 2 is 1.54 bits per heavy atom. The molecule has 5 nitrogen and oxygen atoms in total. The van der Waals surface area contributed by atoms with Crippen LogP contribution in [0, 0.1) is 11.8 Å². The van der Waals surface area contributed by atoms with Crippen LogP contribution in [0.1, 0.15) is 29.4 Å². The van der Waals surface area contributed by atoms with Gasteiger partial charge in [0.15, 0.2) is 0 Å². The van der Waals surface area contributed by atoms with E-state index in [9.17, 15) is 14.4 Å². The van der Waals surface area contributed by atoms with E-state index in [-0.39, 0.29) is 23.5 Å². The van der Waals surface area contributed by atoms with E-state index in [4.69, 9.17) is 4.74 Å². The van der Waals surface area contributed by atoms with Crippen molar-refractivity contribution in [1.29, 1.82) is 0 Å². The van der Waals surface area contributed by atoms with Crippen LogP contribution in [0.3, 0.4) is 0 Å². The highest BCUT2D eigenvalue weighted by molar-refractivity contribution is 6.25. The number of nitrogens with zero attached hydrogens (tertiary/aromatic N) is 1. The molecule has 2 bridgehead atoms. The lowest BCUT2D eigenvalue weighted by Gasteiger charge is -2.43. The number of ether oxygens (including phenoxy) is 1. The van der Waals surface area contributed by atoms with Gasteiger partial charge in [0.25, 0.3) is 0 Å². The fraction of sp³-hybridized carbons (Fsp3) is 0.286. The lowest BCUT2D eigenvalue weighted by molar-refractivity contribution is -0.134. The van der Waals surface area contributed by atoms with Gasteiger partial charge >= 0.3 is 0 Å². The average molecular weight is 347 g/mol. The first-order valence-electron chi connectivity index (χ1n) is 8.76. The highest BCUT2D eigenvalue weighted by Crippen LogP contribution is 2.58. The lowest BCUT2D eigenvalue weighted by Crippen LogP contribution is -2.44. The largest absolute Gasteiger partial charge is 0.495 e. The van der Waals surface area contributed by atoms with Crippen molar-refractivity contribution in [1.82, 2.24) is 0 Å². The maximum atomic E-state index is 13.3. The number of ketones is 1. The Hall–Kier alpha value is -2.95. The second kappa shape index (κ2) is 5.27. The number of para-hydroxylation sites is 2. The molecule has 1 aliphatic heterocycles. The number of benzene rings is 2. The number of fused-ring (bicyclic) bond motifs is 1. The minimum absolute atomic E-state index is 0.0676. The molecule has 0 N–H and O–H groups in total.